The topological polar surface area (TPSA) is 78.5 Å². The minimum atomic E-state index is -1.43. The van der Waals surface area contributed by atoms with Crippen molar-refractivity contribution in [1.82, 2.24) is 0 Å². The van der Waals surface area contributed by atoms with Crippen LogP contribution in [0.5, 0.6) is 5.75 Å². The number of halogens is 2. The van der Waals surface area contributed by atoms with Crippen LogP contribution in [0.4, 0.5) is 5.69 Å². The second-order valence-electron chi connectivity index (χ2n) is 6.66. The predicted octanol–water partition coefficient (Wildman–Crippen LogP) is 4.54. The highest BCUT2D eigenvalue weighted by molar-refractivity contribution is 6.37. The van der Waals surface area contributed by atoms with Crippen LogP contribution in [0.2, 0.25) is 10.0 Å². The molecule has 0 aromatic heterocycles. The molecule has 0 fully saturated rings. The minimum Gasteiger partial charge on any atom is -0.545 e. The first kappa shape index (κ1) is 21.7. The largest absolute Gasteiger partial charge is 0.545 e. The molecule has 3 aromatic carbocycles. The van der Waals surface area contributed by atoms with E-state index in [1.54, 1.807) is 6.07 Å². The number of aromatic carboxylic acids is 1. The lowest BCUT2D eigenvalue weighted by Gasteiger charge is -2.15. The molecule has 154 valence electrons. The summed E-state index contributed by atoms with van der Waals surface area (Å²) in [6.07, 6.45) is 0.676. The highest BCUT2D eigenvalue weighted by Crippen LogP contribution is 2.25. The third-order valence-corrected chi connectivity index (χ3v) is 4.92. The normalized spacial score (nSPS) is 10.5. The van der Waals surface area contributed by atoms with Gasteiger partial charge in [0.15, 0.2) is 0 Å². The molecule has 0 bridgehead atoms. The first-order valence-electron chi connectivity index (χ1n) is 9.13. The summed E-state index contributed by atoms with van der Waals surface area (Å²) in [6, 6.07) is 16.8. The molecule has 0 spiro atoms. The molecule has 0 aliphatic rings. The molecule has 5 nitrogen and oxygen atoms in total. The quantitative estimate of drug-likeness (QED) is 0.582. The van der Waals surface area contributed by atoms with Gasteiger partial charge in [-0.05, 0) is 48.9 Å². The number of carbonyl (C=O) groups is 2. The van der Waals surface area contributed by atoms with Gasteiger partial charge in [-0.1, -0.05) is 53.0 Å². The molecule has 3 rings (SSSR count). The second kappa shape index (κ2) is 9.65. The zero-order valence-corrected chi connectivity index (χ0v) is 17.6. The molecule has 3 aromatic rings. The minimum absolute atomic E-state index is 0.0806. The van der Waals surface area contributed by atoms with Crippen molar-refractivity contribution in [1.29, 1.82) is 0 Å². The van der Waals surface area contributed by atoms with Crippen molar-refractivity contribution >= 4 is 40.8 Å². The Kier molecular flexibility index (Phi) is 6.98. The van der Waals surface area contributed by atoms with Gasteiger partial charge >= 0.3 is 0 Å². The molecule has 0 saturated heterocycles. The van der Waals surface area contributed by atoms with Crippen molar-refractivity contribution in [3.8, 4) is 5.75 Å². The van der Waals surface area contributed by atoms with Gasteiger partial charge in [0.1, 0.15) is 5.75 Å². The van der Waals surface area contributed by atoms with Gasteiger partial charge in [0.2, 0.25) is 0 Å². The van der Waals surface area contributed by atoms with Crippen LogP contribution < -0.4 is 15.2 Å². The number of carbonyl (C=O) groups excluding carboxylic acids is 2. The van der Waals surface area contributed by atoms with E-state index in [4.69, 9.17) is 27.9 Å². The maximum absolute atomic E-state index is 12.5. The van der Waals surface area contributed by atoms with E-state index in [9.17, 15) is 14.7 Å². The smallest absolute Gasteiger partial charge is 0.257 e. The Hall–Kier alpha value is -3.02. The highest BCUT2D eigenvalue weighted by Gasteiger charge is 2.14. The summed E-state index contributed by atoms with van der Waals surface area (Å²) >= 11 is 11.9. The van der Waals surface area contributed by atoms with Crippen molar-refractivity contribution < 1.29 is 19.4 Å². The number of hydrogen-bond donors (Lipinski definition) is 1. The van der Waals surface area contributed by atoms with E-state index in [2.05, 4.69) is 11.4 Å². The van der Waals surface area contributed by atoms with Crippen molar-refractivity contribution in [2.24, 2.45) is 0 Å². The molecule has 1 N–H and O–H groups in total. The lowest BCUT2D eigenvalue weighted by molar-refractivity contribution is -0.254. The molecule has 0 unspecified atom stereocenters. The van der Waals surface area contributed by atoms with Gasteiger partial charge < -0.3 is 20.0 Å². The van der Waals surface area contributed by atoms with Gasteiger partial charge in [-0.2, -0.15) is 0 Å². The van der Waals surface area contributed by atoms with Crippen molar-refractivity contribution in [2.75, 3.05) is 11.9 Å². The fraction of sp³-hybridized carbons (Fsp3) is 0.130. The van der Waals surface area contributed by atoms with Crippen LogP contribution in [0, 0.1) is 6.92 Å². The second-order valence-corrected chi connectivity index (χ2v) is 7.50. The van der Waals surface area contributed by atoms with Crippen LogP contribution in [0.25, 0.3) is 0 Å². The lowest BCUT2D eigenvalue weighted by Crippen LogP contribution is -2.25. The van der Waals surface area contributed by atoms with Gasteiger partial charge in [-0.15, -0.1) is 0 Å². The van der Waals surface area contributed by atoms with Crippen LogP contribution >= 0.6 is 23.2 Å². The van der Waals surface area contributed by atoms with E-state index in [-0.39, 0.29) is 21.8 Å². The molecule has 0 aliphatic heterocycles. The molecule has 0 atom stereocenters. The number of carboxylic acid groups (broad SMARTS) is 1. The van der Waals surface area contributed by atoms with Crippen molar-refractivity contribution in [2.45, 2.75) is 13.3 Å². The number of anilines is 1. The van der Waals surface area contributed by atoms with E-state index in [0.717, 1.165) is 11.1 Å². The summed E-state index contributed by atoms with van der Waals surface area (Å²) in [4.78, 5) is 24.1. The predicted molar refractivity (Wildman–Crippen MR) is 116 cm³/mol. The Morgan fingerprint density at radius 1 is 1.00 bits per heavy atom. The fourth-order valence-electron chi connectivity index (χ4n) is 2.91. The number of rotatable bonds is 7. The van der Waals surface area contributed by atoms with Crippen LogP contribution in [-0.4, -0.2) is 18.5 Å². The van der Waals surface area contributed by atoms with E-state index in [0.29, 0.717) is 23.8 Å². The van der Waals surface area contributed by atoms with Gasteiger partial charge in [-0.3, -0.25) is 4.79 Å². The number of carboxylic acids is 1. The molecule has 1 amide bonds. The lowest BCUT2D eigenvalue weighted by atomic mass is 10.1. The molecule has 7 heteroatoms. The van der Waals surface area contributed by atoms with Gasteiger partial charge in [0, 0.05) is 17.0 Å². The van der Waals surface area contributed by atoms with E-state index in [1.807, 2.05) is 25.1 Å². The summed E-state index contributed by atoms with van der Waals surface area (Å²) in [5.74, 6) is -1.63. The summed E-state index contributed by atoms with van der Waals surface area (Å²) in [6.45, 7) is 2.39. The molecule has 0 heterocycles. The van der Waals surface area contributed by atoms with E-state index >= 15 is 0 Å². The summed E-state index contributed by atoms with van der Waals surface area (Å²) < 4.78 is 5.68. The summed E-state index contributed by atoms with van der Waals surface area (Å²) in [7, 11) is 0. The number of aryl methyl sites for hydroxylation is 1. The van der Waals surface area contributed by atoms with Crippen molar-refractivity contribution in [3.05, 3.63) is 93.0 Å². The first-order chi connectivity index (χ1) is 14.3. The van der Waals surface area contributed by atoms with Crippen LogP contribution in [0.3, 0.4) is 0 Å². The molecule has 0 aliphatic carbocycles. The molecule has 0 radical (unpaired) electrons. The summed E-state index contributed by atoms with van der Waals surface area (Å²) in [5.41, 5.74) is 2.34. The van der Waals surface area contributed by atoms with Crippen LogP contribution in [-0.2, 0) is 6.42 Å². The Bertz CT molecular complexity index is 1100. The van der Waals surface area contributed by atoms with Crippen molar-refractivity contribution in [3.63, 3.8) is 0 Å². The maximum atomic E-state index is 12.5. The molecular weight excluding hydrogens is 425 g/mol. The number of hydrogen-bond acceptors (Lipinski definition) is 4. The third-order valence-electron chi connectivity index (χ3n) is 4.38. The van der Waals surface area contributed by atoms with E-state index in [1.165, 1.54) is 30.3 Å². The Balaban J connectivity index is 1.71. The standard InChI is InChI=1S/C23H19Cl2NO4/c1-14-3-2-4-15(11-14)9-10-30-17-6-8-21(19(13-17)23(28)29)26-22(27)18-7-5-16(24)12-20(18)25/h2-8,11-13H,9-10H2,1H3,(H,26,27)(H,28,29)/p-1. The third kappa shape index (κ3) is 5.53. The maximum Gasteiger partial charge on any atom is 0.257 e. The van der Waals surface area contributed by atoms with Crippen LogP contribution in [0.1, 0.15) is 31.8 Å². The van der Waals surface area contributed by atoms with Crippen LogP contribution in [0.15, 0.2) is 60.7 Å². The first-order valence-corrected chi connectivity index (χ1v) is 9.89. The molecule has 0 saturated carbocycles. The zero-order valence-electron chi connectivity index (χ0n) is 16.1. The van der Waals surface area contributed by atoms with E-state index < -0.39 is 11.9 Å². The summed E-state index contributed by atoms with van der Waals surface area (Å²) in [5, 5.41) is 14.7. The number of benzene rings is 3. The average Bonchev–Trinajstić information content (AvgIpc) is 2.68. The number of ether oxygens (including phenoxy) is 1. The Morgan fingerprint density at radius 3 is 2.50 bits per heavy atom. The monoisotopic (exact) mass is 442 g/mol. The molecular formula is C23H18Cl2NO4-. The van der Waals surface area contributed by atoms with Gasteiger partial charge in [0.05, 0.1) is 28.8 Å². The Labute approximate surface area is 184 Å². The zero-order chi connectivity index (χ0) is 21.7. The van der Waals surface area contributed by atoms with Gasteiger partial charge in [0.25, 0.3) is 5.91 Å². The number of amides is 1. The molecule has 30 heavy (non-hydrogen) atoms. The van der Waals surface area contributed by atoms with Gasteiger partial charge in [-0.25, -0.2) is 0 Å². The number of nitrogens with one attached hydrogen (secondary N) is 1. The SMILES string of the molecule is Cc1cccc(CCOc2ccc(NC(=O)c3ccc(Cl)cc3Cl)c(C(=O)[O-])c2)c1. The average molecular weight is 443 g/mol. The fourth-order valence-corrected chi connectivity index (χ4v) is 3.40. The Morgan fingerprint density at radius 2 is 1.80 bits per heavy atom. The highest BCUT2D eigenvalue weighted by atomic mass is 35.5.